The van der Waals surface area contributed by atoms with Gasteiger partial charge in [-0.05, 0) is 30.9 Å². The highest BCUT2D eigenvalue weighted by Gasteiger charge is 2.25. The van der Waals surface area contributed by atoms with Gasteiger partial charge < -0.3 is 4.90 Å². The fraction of sp³-hybridized carbons (Fsp3) is 0.500. The zero-order valence-electron chi connectivity index (χ0n) is 11.3. The van der Waals surface area contributed by atoms with E-state index in [1.54, 1.807) is 4.90 Å². The molecule has 7 nitrogen and oxygen atoms in total. The number of carbonyl (C=O) groups is 1. The first-order chi connectivity index (χ1) is 9.85. The van der Waals surface area contributed by atoms with Crippen molar-refractivity contribution in [2.75, 3.05) is 19.6 Å². The topological polar surface area (TPSA) is 105 Å². The van der Waals surface area contributed by atoms with Gasteiger partial charge in [0.15, 0.2) is 0 Å². The summed E-state index contributed by atoms with van der Waals surface area (Å²) in [4.78, 5) is 17.4. The van der Waals surface area contributed by atoms with Crippen molar-refractivity contribution in [2.24, 2.45) is 11.1 Å². The molecule has 0 bridgehead atoms. The minimum atomic E-state index is -3.73. The molecule has 116 valence electrons. The molecule has 1 saturated heterocycles. The molecule has 1 aliphatic rings. The Labute approximate surface area is 122 Å². The summed E-state index contributed by atoms with van der Waals surface area (Å²) in [6.07, 6.45) is 1.54. The Hall–Kier alpha value is -1.58. The van der Waals surface area contributed by atoms with Crippen LogP contribution in [0, 0.1) is 11.9 Å². The maximum atomic E-state index is 13.1. The second-order valence-electron chi connectivity index (χ2n) is 5.00. The van der Waals surface area contributed by atoms with Gasteiger partial charge in [-0.3, -0.25) is 4.79 Å². The van der Waals surface area contributed by atoms with Gasteiger partial charge in [-0.25, -0.2) is 14.8 Å². The van der Waals surface area contributed by atoms with Gasteiger partial charge in [0.05, 0.1) is 0 Å². The molecule has 1 aliphatic heterocycles. The highest BCUT2D eigenvalue weighted by Crippen LogP contribution is 2.17. The Morgan fingerprint density at radius 1 is 1.52 bits per heavy atom. The maximum Gasteiger partial charge on any atom is 0.274 e. The summed E-state index contributed by atoms with van der Waals surface area (Å²) in [6, 6.07) is 4.06. The van der Waals surface area contributed by atoms with E-state index < -0.39 is 16.2 Å². The maximum absolute atomic E-state index is 13.1. The Morgan fingerprint density at radius 3 is 2.95 bits per heavy atom. The first-order valence-electron chi connectivity index (χ1n) is 6.54. The second-order valence-corrected chi connectivity index (χ2v) is 6.38. The van der Waals surface area contributed by atoms with Crippen molar-refractivity contribution in [3.05, 3.63) is 29.8 Å². The quantitative estimate of drug-likeness (QED) is 0.755. The highest BCUT2D eigenvalue weighted by atomic mass is 32.2. The summed E-state index contributed by atoms with van der Waals surface area (Å²) in [7, 11) is -3.73. The number of likely N-dealkylation sites (tertiary alicyclic amines) is 1. The van der Waals surface area contributed by atoms with Crippen molar-refractivity contribution in [3.8, 4) is 0 Å². The minimum absolute atomic E-state index is 0.0189. The van der Waals surface area contributed by atoms with E-state index in [2.05, 4.69) is 9.71 Å². The van der Waals surface area contributed by atoms with Gasteiger partial charge in [0.25, 0.3) is 16.1 Å². The van der Waals surface area contributed by atoms with Gasteiger partial charge in [-0.15, -0.1) is 0 Å². The number of nitrogens with one attached hydrogen (secondary N) is 1. The van der Waals surface area contributed by atoms with Crippen LogP contribution >= 0.6 is 0 Å². The van der Waals surface area contributed by atoms with Crippen LogP contribution in [0.2, 0.25) is 0 Å². The van der Waals surface area contributed by atoms with Crippen molar-refractivity contribution < 1.29 is 17.6 Å². The molecule has 1 aromatic heterocycles. The third-order valence-electron chi connectivity index (χ3n) is 3.31. The summed E-state index contributed by atoms with van der Waals surface area (Å²) >= 11 is 0. The summed E-state index contributed by atoms with van der Waals surface area (Å²) in [5.74, 6) is -1.07. The number of carbonyl (C=O) groups excluding carboxylic acids is 1. The molecular weight excluding hydrogens is 299 g/mol. The lowest BCUT2D eigenvalue weighted by molar-refractivity contribution is 0.0669. The lowest BCUT2D eigenvalue weighted by Gasteiger charge is -2.32. The van der Waals surface area contributed by atoms with E-state index in [4.69, 9.17) is 5.14 Å². The third-order valence-corrected chi connectivity index (χ3v) is 3.88. The molecule has 9 heteroatoms. The molecule has 0 aromatic carbocycles. The number of halogens is 1. The minimum Gasteiger partial charge on any atom is -0.337 e. The van der Waals surface area contributed by atoms with E-state index in [1.165, 1.54) is 18.2 Å². The number of piperidine rings is 1. The number of rotatable bonds is 4. The normalized spacial score (nSPS) is 19.5. The number of aromatic nitrogens is 1. The largest absolute Gasteiger partial charge is 0.337 e. The van der Waals surface area contributed by atoms with Gasteiger partial charge in [-0.1, -0.05) is 6.07 Å². The second kappa shape index (κ2) is 6.46. The van der Waals surface area contributed by atoms with E-state index in [0.29, 0.717) is 13.1 Å². The Balaban J connectivity index is 1.99. The van der Waals surface area contributed by atoms with Gasteiger partial charge in [0, 0.05) is 19.6 Å². The van der Waals surface area contributed by atoms with Gasteiger partial charge in [0.2, 0.25) is 5.95 Å². The molecule has 21 heavy (non-hydrogen) atoms. The van der Waals surface area contributed by atoms with Crippen LogP contribution in [-0.2, 0) is 10.2 Å². The Morgan fingerprint density at radius 2 is 2.29 bits per heavy atom. The number of hydrogen-bond donors (Lipinski definition) is 2. The monoisotopic (exact) mass is 316 g/mol. The fourth-order valence-corrected chi connectivity index (χ4v) is 2.81. The molecular formula is C12H17FN4O3S. The van der Waals surface area contributed by atoms with Crippen LogP contribution in [0.3, 0.4) is 0 Å². The molecule has 0 aliphatic carbocycles. The highest BCUT2D eigenvalue weighted by molar-refractivity contribution is 7.87. The van der Waals surface area contributed by atoms with E-state index in [9.17, 15) is 17.6 Å². The number of nitrogens with two attached hydrogens (primary N) is 1. The molecule has 2 rings (SSSR count). The van der Waals surface area contributed by atoms with Gasteiger partial charge in [0.1, 0.15) is 5.69 Å². The molecule has 1 amide bonds. The van der Waals surface area contributed by atoms with Crippen molar-refractivity contribution in [3.63, 3.8) is 0 Å². The molecule has 3 N–H and O–H groups in total. The molecule has 0 radical (unpaired) electrons. The standard InChI is InChI=1S/C12H17FN4O3S/c13-11-5-1-4-10(16-11)12(18)17-6-2-3-9(8-17)7-15-21(14,19)20/h1,4-5,9,15H,2-3,6-8H2,(H2,14,19,20). The number of hydrogen-bond acceptors (Lipinski definition) is 4. The van der Waals surface area contributed by atoms with Gasteiger partial charge in [-0.2, -0.15) is 12.8 Å². The SMILES string of the molecule is NS(=O)(=O)NCC1CCCN(C(=O)c2cccc(F)n2)C1. The Kier molecular flexibility index (Phi) is 4.86. The first-order valence-corrected chi connectivity index (χ1v) is 8.09. The van der Waals surface area contributed by atoms with E-state index in [1.807, 2.05) is 0 Å². The van der Waals surface area contributed by atoms with Crippen LogP contribution in [0.4, 0.5) is 4.39 Å². The van der Waals surface area contributed by atoms with Crippen molar-refractivity contribution in [1.82, 2.24) is 14.6 Å². The van der Waals surface area contributed by atoms with Gasteiger partial charge >= 0.3 is 0 Å². The van der Waals surface area contributed by atoms with Crippen LogP contribution in [0.15, 0.2) is 18.2 Å². The smallest absolute Gasteiger partial charge is 0.274 e. The molecule has 1 unspecified atom stereocenters. The first kappa shape index (κ1) is 15.8. The van der Waals surface area contributed by atoms with E-state index in [-0.39, 0.29) is 24.1 Å². The summed E-state index contributed by atoms with van der Waals surface area (Å²) < 4.78 is 37.1. The average Bonchev–Trinajstić information content (AvgIpc) is 2.44. The molecule has 1 fully saturated rings. The predicted octanol–water partition coefficient (Wildman–Crippen LogP) is -0.134. The van der Waals surface area contributed by atoms with Crippen LogP contribution in [0.1, 0.15) is 23.3 Å². The van der Waals surface area contributed by atoms with Crippen molar-refractivity contribution >= 4 is 16.1 Å². The number of pyridine rings is 1. The Bertz CT molecular complexity index is 623. The van der Waals surface area contributed by atoms with E-state index >= 15 is 0 Å². The lowest BCUT2D eigenvalue weighted by Crippen LogP contribution is -2.44. The predicted molar refractivity (Wildman–Crippen MR) is 73.9 cm³/mol. The summed E-state index contributed by atoms with van der Waals surface area (Å²) in [6.45, 7) is 1.11. The van der Waals surface area contributed by atoms with Crippen LogP contribution < -0.4 is 9.86 Å². The molecule has 1 aromatic rings. The van der Waals surface area contributed by atoms with Crippen LogP contribution in [0.25, 0.3) is 0 Å². The van der Waals surface area contributed by atoms with Crippen LogP contribution in [-0.4, -0.2) is 43.8 Å². The van der Waals surface area contributed by atoms with E-state index in [0.717, 1.165) is 12.8 Å². The molecule has 2 heterocycles. The molecule has 1 atom stereocenters. The summed E-state index contributed by atoms with van der Waals surface area (Å²) in [5, 5.41) is 4.88. The van der Waals surface area contributed by atoms with Crippen molar-refractivity contribution in [1.29, 1.82) is 0 Å². The lowest BCUT2D eigenvalue weighted by atomic mass is 9.98. The molecule has 0 spiro atoms. The number of amides is 1. The van der Waals surface area contributed by atoms with Crippen LogP contribution in [0.5, 0.6) is 0 Å². The summed E-state index contributed by atoms with van der Waals surface area (Å²) in [5.41, 5.74) is 0.0510. The number of nitrogens with zero attached hydrogens (tertiary/aromatic N) is 2. The zero-order valence-corrected chi connectivity index (χ0v) is 12.1. The van der Waals surface area contributed by atoms with Crippen molar-refractivity contribution in [2.45, 2.75) is 12.8 Å². The zero-order chi connectivity index (χ0) is 15.5. The average molecular weight is 316 g/mol. The molecule has 0 saturated carbocycles. The third kappa shape index (κ3) is 4.73. The fourth-order valence-electron chi connectivity index (χ4n) is 2.34.